The molecule has 0 aliphatic carbocycles. The van der Waals surface area contributed by atoms with Crippen LogP contribution in [0.5, 0.6) is 5.88 Å². The summed E-state index contributed by atoms with van der Waals surface area (Å²) in [4.78, 5) is -0.168. The highest BCUT2D eigenvalue weighted by atomic mass is 35.5. The molecule has 0 unspecified atom stereocenters. The van der Waals surface area contributed by atoms with Crippen molar-refractivity contribution in [1.29, 1.82) is 0 Å². The molecule has 0 aliphatic rings. The van der Waals surface area contributed by atoms with Crippen molar-refractivity contribution in [3.05, 3.63) is 95.8 Å². The quantitative estimate of drug-likeness (QED) is 0.415. The van der Waals surface area contributed by atoms with Gasteiger partial charge in [0.15, 0.2) is 0 Å². The normalized spacial score (nSPS) is 11.4. The Kier molecular flexibility index (Phi) is 5.08. The smallest absolute Gasteiger partial charge is 0.340 e. The van der Waals surface area contributed by atoms with Crippen molar-refractivity contribution in [3.63, 3.8) is 0 Å². The minimum absolute atomic E-state index is 0.0181. The maximum atomic E-state index is 13.2. The summed E-state index contributed by atoms with van der Waals surface area (Å²) < 4.78 is 45.3. The summed E-state index contributed by atoms with van der Waals surface area (Å²) >= 11 is 6.08. The van der Waals surface area contributed by atoms with Crippen molar-refractivity contribution in [2.24, 2.45) is 0 Å². The van der Waals surface area contributed by atoms with Gasteiger partial charge in [-0.2, -0.15) is 18.2 Å². The van der Waals surface area contributed by atoms with E-state index in [-0.39, 0.29) is 10.8 Å². The van der Waals surface area contributed by atoms with Crippen LogP contribution in [0.2, 0.25) is 5.02 Å². The molecule has 0 fully saturated rings. The monoisotopic (exact) mass is 428 g/mol. The van der Waals surface area contributed by atoms with Crippen LogP contribution in [-0.2, 0) is 10.1 Å². The summed E-state index contributed by atoms with van der Waals surface area (Å²) in [6.07, 6.45) is 0. The highest BCUT2D eigenvalue weighted by Gasteiger charge is 2.22. The van der Waals surface area contributed by atoms with Gasteiger partial charge in [0.1, 0.15) is 10.7 Å². The lowest BCUT2D eigenvalue weighted by Crippen LogP contribution is -2.12. The van der Waals surface area contributed by atoms with Gasteiger partial charge in [0, 0.05) is 16.7 Å². The van der Waals surface area contributed by atoms with Gasteiger partial charge in [-0.1, -0.05) is 48.0 Å². The van der Waals surface area contributed by atoms with Crippen LogP contribution in [0.15, 0.2) is 89.8 Å². The highest BCUT2D eigenvalue weighted by Crippen LogP contribution is 2.29. The molecule has 0 saturated carbocycles. The largest absolute Gasteiger partial charge is 0.358 e. The topological polar surface area (TPSA) is 61.2 Å². The van der Waals surface area contributed by atoms with Gasteiger partial charge in [0.25, 0.3) is 0 Å². The van der Waals surface area contributed by atoms with Crippen LogP contribution in [0, 0.1) is 5.82 Å². The van der Waals surface area contributed by atoms with E-state index in [1.807, 2.05) is 30.3 Å². The Morgan fingerprint density at radius 1 is 0.897 bits per heavy atom. The molecule has 1 aromatic heterocycles. The van der Waals surface area contributed by atoms with Crippen LogP contribution in [-0.4, -0.2) is 18.2 Å². The molecule has 0 radical (unpaired) electrons. The summed E-state index contributed by atoms with van der Waals surface area (Å²) in [7, 11) is -4.20. The Morgan fingerprint density at radius 3 is 2.31 bits per heavy atom. The van der Waals surface area contributed by atoms with E-state index in [1.54, 1.807) is 24.3 Å². The van der Waals surface area contributed by atoms with Crippen molar-refractivity contribution in [2.75, 3.05) is 0 Å². The minimum atomic E-state index is -4.20. The van der Waals surface area contributed by atoms with Crippen LogP contribution >= 0.6 is 11.6 Å². The molecule has 0 aliphatic heterocycles. The summed E-state index contributed by atoms with van der Waals surface area (Å²) in [5.74, 6) is -0.560. The molecule has 4 rings (SSSR count). The lowest BCUT2D eigenvalue weighted by molar-refractivity contribution is 0.465. The Labute approximate surface area is 172 Å². The van der Waals surface area contributed by atoms with E-state index in [1.165, 1.54) is 10.7 Å². The van der Waals surface area contributed by atoms with Crippen molar-refractivity contribution in [1.82, 2.24) is 9.78 Å². The van der Waals surface area contributed by atoms with Crippen molar-refractivity contribution >= 4 is 21.7 Å². The van der Waals surface area contributed by atoms with E-state index < -0.39 is 15.9 Å². The molecule has 1 heterocycles. The highest BCUT2D eigenvalue weighted by molar-refractivity contribution is 7.87. The molecular formula is C21H14ClFN2O3S. The van der Waals surface area contributed by atoms with Crippen molar-refractivity contribution in [2.45, 2.75) is 4.90 Å². The molecule has 8 heteroatoms. The summed E-state index contributed by atoms with van der Waals surface area (Å²) in [5, 5.41) is 4.96. The fourth-order valence-electron chi connectivity index (χ4n) is 2.73. The first-order chi connectivity index (χ1) is 13.9. The first kappa shape index (κ1) is 19.2. The van der Waals surface area contributed by atoms with Crippen LogP contribution in [0.25, 0.3) is 16.9 Å². The lowest BCUT2D eigenvalue weighted by Gasteiger charge is -2.09. The number of aromatic nitrogens is 2. The number of benzene rings is 3. The maximum absolute atomic E-state index is 13.2. The Morgan fingerprint density at radius 2 is 1.62 bits per heavy atom. The molecule has 4 aromatic rings. The van der Waals surface area contributed by atoms with Crippen LogP contribution in [0.3, 0.4) is 0 Å². The van der Waals surface area contributed by atoms with E-state index in [4.69, 9.17) is 15.8 Å². The number of hydrogen-bond donors (Lipinski definition) is 0. The van der Waals surface area contributed by atoms with Gasteiger partial charge in [0.05, 0.1) is 11.4 Å². The summed E-state index contributed by atoms with van der Waals surface area (Å²) in [6.45, 7) is 0. The SMILES string of the molecule is O=S(=O)(Oc1cc(-c2ccccc2)nn1-c1cccc(Cl)c1)c1ccc(F)cc1. The van der Waals surface area contributed by atoms with Crippen molar-refractivity contribution < 1.29 is 17.0 Å². The molecule has 0 atom stereocenters. The first-order valence-corrected chi connectivity index (χ1v) is 10.3. The second-order valence-corrected chi connectivity index (χ2v) is 8.10. The minimum Gasteiger partial charge on any atom is -0.358 e. The van der Waals surface area contributed by atoms with Crippen molar-refractivity contribution in [3.8, 4) is 22.8 Å². The van der Waals surface area contributed by atoms with E-state index in [0.29, 0.717) is 16.4 Å². The summed E-state index contributed by atoms with van der Waals surface area (Å²) in [5.41, 5.74) is 1.84. The van der Waals surface area contributed by atoms with Crippen LogP contribution < -0.4 is 4.18 Å². The molecule has 0 spiro atoms. The second kappa shape index (κ2) is 7.69. The molecule has 29 heavy (non-hydrogen) atoms. The van der Waals surface area contributed by atoms with Gasteiger partial charge in [-0.25, -0.2) is 4.39 Å². The van der Waals surface area contributed by atoms with E-state index in [9.17, 15) is 12.8 Å². The van der Waals surface area contributed by atoms with Crippen LogP contribution in [0.4, 0.5) is 4.39 Å². The Hall–Kier alpha value is -3.16. The zero-order chi connectivity index (χ0) is 20.4. The maximum Gasteiger partial charge on any atom is 0.340 e. The molecule has 146 valence electrons. The number of nitrogens with zero attached hydrogens (tertiary/aromatic N) is 2. The van der Waals surface area contributed by atoms with E-state index >= 15 is 0 Å². The number of rotatable bonds is 5. The first-order valence-electron chi connectivity index (χ1n) is 8.54. The average molecular weight is 429 g/mol. The average Bonchev–Trinajstić information content (AvgIpc) is 3.12. The van der Waals surface area contributed by atoms with Gasteiger partial charge >= 0.3 is 10.1 Å². The van der Waals surface area contributed by atoms with Gasteiger partial charge in [-0.3, -0.25) is 0 Å². The predicted octanol–water partition coefficient (Wildman–Crippen LogP) is 5.10. The third kappa shape index (κ3) is 4.16. The molecule has 5 nitrogen and oxygen atoms in total. The molecular weight excluding hydrogens is 415 g/mol. The Balaban J connectivity index is 1.81. The zero-order valence-electron chi connectivity index (χ0n) is 14.9. The van der Waals surface area contributed by atoms with Gasteiger partial charge < -0.3 is 4.18 Å². The summed E-state index contributed by atoms with van der Waals surface area (Å²) in [6, 6.07) is 22.0. The van der Waals surface area contributed by atoms with Gasteiger partial charge in [-0.15, -0.1) is 0 Å². The molecule has 0 amide bonds. The lowest BCUT2D eigenvalue weighted by atomic mass is 10.2. The Bertz CT molecular complexity index is 1260. The number of hydrogen-bond acceptors (Lipinski definition) is 4. The van der Waals surface area contributed by atoms with E-state index in [0.717, 1.165) is 29.8 Å². The number of halogens is 2. The standard InChI is InChI=1S/C21H14ClFN2O3S/c22-16-7-4-8-18(13-16)25-21(14-20(24-25)15-5-2-1-3-6-15)28-29(26,27)19-11-9-17(23)10-12-19/h1-14H. The second-order valence-electron chi connectivity index (χ2n) is 6.12. The third-order valence-corrected chi connectivity index (χ3v) is 5.57. The van der Waals surface area contributed by atoms with Gasteiger partial charge in [-0.05, 0) is 42.5 Å². The predicted molar refractivity (Wildman–Crippen MR) is 108 cm³/mol. The molecule has 3 aromatic carbocycles. The molecule has 0 N–H and O–H groups in total. The molecule has 0 saturated heterocycles. The van der Waals surface area contributed by atoms with Gasteiger partial charge in [0.2, 0.25) is 5.88 Å². The fraction of sp³-hybridized carbons (Fsp3) is 0. The molecule has 0 bridgehead atoms. The van der Waals surface area contributed by atoms with E-state index in [2.05, 4.69) is 5.10 Å². The zero-order valence-corrected chi connectivity index (χ0v) is 16.4. The third-order valence-electron chi connectivity index (χ3n) is 4.10. The fourth-order valence-corrected chi connectivity index (χ4v) is 3.82. The van der Waals surface area contributed by atoms with Crippen LogP contribution in [0.1, 0.15) is 0 Å².